The van der Waals surface area contributed by atoms with Crippen LogP contribution >= 0.6 is 0 Å². The van der Waals surface area contributed by atoms with Crippen LogP contribution in [0.15, 0.2) is 42.5 Å². The molecule has 0 heterocycles. The molecule has 0 spiro atoms. The number of ketones is 1. The number of benzene rings is 2. The van der Waals surface area contributed by atoms with Crippen molar-refractivity contribution in [2.24, 2.45) is 0 Å². The molecule has 2 aromatic carbocycles. The van der Waals surface area contributed by atoms with Crippen molar-refractivity contribution >= 4 is 5.78 Å². The lowest BCUT2D eigenvalue weighted by Crippen LogP contribution is -2.10. The smallest absolute Gasteiger partial charge is 0.387 e. The van der Waals surface area contributed by atoms with Gasteiger partial charge in [0.05, 0.1) is 5.56 Å². The fourth-order valence-electron chi connectivity index (χ4n) is 1.89. The predicted molar refractivity (Wildman–Crippen MR) is 67.5 cm³/mol. The normalized spacial score (nSPS) is 10.7. The second-order valence-corrected chi connectivity index (χ2v) is 4.25. The maximum Gasteiger partial charge on any atom is 0.387 e. The van der Waals surface area contributed by atoms with Crippen LogP contribution < -0.4 is 4.74 Å². The van der Waals surface area contributed by atoms with Gasteiger partial charge in [-0.2, -0.15) is 8.78 Å². The van der Waals surface area contributed by atoms with Crippen molar-refractivity contribution in [3.05, 3.63) is 65.2 Å². The largest absolute Gasteiger partial charge is 0.434 e. The topological polar surface area (TPSA) is 26.3 Å². The van der Waals surface area contributed by atoms with Crippen LogP contribution in [0.1, 0.15) is 15.9 Å². The van der Waals surface area contributed by atoms with Crippen LogP contribution in [0, 0.1) is 11.6 Å². The summed E-state index contributed by atoms with van der Waals surface area (Å²) in [5.41, 5.74) is 0.0480. The Kier molecular flexibility index (Phi) is 4.57. The highest BCUT2D eigenvalue weighted by Gasteiger charge is 2.16. The van der Waals surface area contributed by atoms with E-state index in [9.17, 15) is 22.4 Å². The lowest BCUT2D eigenvalue weighted by Gasteiger charge is -2.09. The SMILES string of the molecule is O=C(Cc1cc(F)cc(F)c1)c1ccccc1OC(F)F. The van der Waals surface area contributed by atoms with Crippen molar-refractivity contribution < 1.29 is 27.1 Å². The molecule has 2 aromatic rings. The molecule has 6 heteroatoms. The molecule has 0 aliphatic carbocycles. The van der Waals surface area contributed by atoms with Gasteiger partial charge in [0.15, 0.2) is 5.78 Å². The van der Waals surface area contributed by atoms with Crippen molar-refractivity contribution in [2.75, 3.05) is 0 Å². The highest BCUT2D eigenvalue weighted by Crippen LogP contribution is 2.22. The van der Waals surface area contributed by atoms with E-state index in [1.807, 2.05) is 0 Å². The second kappa shape index (κ2) is 6.39. The third-order valence-corrected chi connectivity index (χ3v) is 2.69. The third kappa shape index (κ3) is 4.05. The average molecular weight is 298 g/mol. The van der Waals surface area contributed by atoms with Gasteiger partial charge in [0.2, 0.25) is 0 Å². The summed E-state index contributed by atoms with van der Waals surface area (Å²) in [7, 11) is 0. The van der Waals surface area contributed by atoms with Crippen LogP contribution in [-0.4, -0.2) is 12.4 Å². The van der Waals surface area contributed by atoms with Crippen LogP contribution in [0.2, 0.25) is 0 Å². The molecule has 0 saturated carbocycles. The molecule has 0 aromatic heterocycles. The van der Waals surface area contributed by atoms with Crippen molar-refractivity contribution in [3.8, 4) is 5.75 Å². The number of carbonyl (C=O) groups is 1. The summed E-state index contributed by atoms with van der Waals surface area (Å²) < 4.78 is 54.9. The number of halogens is 4. The number of para-hydroxylation sites is 1. The summed E-state index contributed by atoms with van der Waals surface area (Å²) in [5.74, 6) is -2.46. The van der Waals surface area contributed by atoms with Crippen molar-refractivity contribution in [2.45, 2.75) is 13.0 Å². The fourth-order valence-corrected chi connectivity index (χ4v) is 1.89. The minimum absolute atomic E-state index is 0.0672. The molecule has 0 saturated heterocycles. The van der Waals surface area contributed by atoms with Crippen LogP contribution in [0.5, 0.6) is 5.75 Å². The third-order valence-electron chi connectivity index (χ3n) is 2.69. The summed E-state index contributed by atoms with van der Waals surface area (Å²) >= 11 is 0. The molecular formula is C15H10F4O2. The molecule has 0 bridgehead atoms. The van der Waals surface area contributed by atoms with E-state index in [1.54, 1.807) is 0 Å². The van der Waals surface area contributed by atoms with Gasteiger partial charge in [0.25, 0.3) is 0 Å². The molecule has 0 aliphatic rings. The Morgan fingerprint density at radius 2 is 1.67 bits per heavy atom. The molecule has 0 radical (unpaired) electrons. The van der Waals surface area contributed by atoms with E-state index in [1.165, 1.54) is 24.3 Å². The number of Topliss-reactive ketones (excluding diaryl/α,β-unsaturated/α-hetero) is 1. The van der Waals surface area contributed by atoms with Gasteiger partial charge in [-0.05, 0) is 29.8 Å². The van der Waals surface area contributed by atoms with E-state index in [2.05, 4.69) is 4.74 Å². The van der Waals surface area contributed by atoms with Crippen molar-refractivity contribution in [1.82, 2.24) is 0 Å². The Hall–Kier alpha value is -2.37. The summed E-state index contributed by atoms with van der Waals surface area (Å²) in [6.45, 7) is -3.06. The number of hydrogen-bond acceptors (Lipinski definition) is 2. The summed E-state index contributed by atoms with van der Waals surface area (Å²) in [4.78, 5) is 12.1. The van der Waals surface area contributed by atoms with Crippen LogP contribution in [0.25, 0.3) is 0 Å². The first-order valence-electron chi connectivity index (χ1n) is 5.97. The van der Waals surface area contributed by atoms with Crippen molar-refractivity contribution in [1.29, 1.82) is 0 Å². The standard InChI is InChI=1S/C15H10F4O2/c16-10-5-9(6-11(17)8-10)7-13(20)12-3-1-2-4-14(12)21-15(18)19/h1-6,8,15H,7H2. The van der Waals surface area contributed by atoms with Gasteiger partial charge in [0.1, 0.15) is 17.4 Å². The minimum Gasteiger partial charge on any atom is -0.434 e. The van der Waals surface area contributed by atoms with Gasteiger partial charge in [-0.25, -0.2) is 8.78 Å². The van der Waals surface area contributed by atoms with E-state index in [-0.39, 0.29) is 23.3 Å². The molecule has 0 atom stereocenters. The monoisotopic (exact) mass is 298 g/mol. The predicted octanol–water partition coefficient (Wildman–Crippen LogP) is 3.99. The number of ether oxygens (including phenoxy) is 1. The van der Waals surface area contributed by atoms with Crippen molar-refractivity contribution in [3.63, 3.8) is 0 Å². The Labute approximate surface area is 118 Å². The molecule has 21 heavy (non-hydrogen) atoms. The minimum atomic E-state index is -3.06. The second-order valence-electron chi connectivity index (χ2n) is 4.25. The van der Waals surface area contributed by atoms with E-state index in [0.717, 1.165) is 12.1 Å². The van der Waals surface area contributed by atoms with Gasteiger partial charge >= 0.3 is 6.61 Å². The molecular weight excluding hydrogens is 288 g/mol. The zero-order valence-electron chi connectivity index (χ0n) is 10.7. The first-order chi connectivity index (χ1) is 9.95. The van der Waals surface area contributed by atoms with E-state index >= 15 is 0 Å². The first kappa shape index (κ1) is 15.0. The summed E-state index contributed by atoms with van der Waals surface area (Å²) in [5, 5.41) is 0. The number of alkyl halides is 2. The molecule has 2 nitrogen and oxygen atoms in total. The number of carbonyl (C=O) groups excluding carboxylic acids is 1. The molecule has 0 fully saturated rings. The van der Waals surface area contributed by atoms with Crippen LogP contribution in [0.4, 0.5) is 17.6 Å². The van der Waals surface area contributed by atoms with Gasteiger partial charge < -0.3 is 4.74 Å². The van der Waals surface area contributed by atoms with Crippen LogP contribution in [0.3, 0.4) is 0 Å². The fraction of sp³-hybridized carbons (Fsp3) is 0.133. The van der Waals surface area contributed by atoms with Gasteiger partial charge in [0, 0.05) is 12.5 Å². The Balaban J connectivity index is 2.24. The van der Waals surface area contributed by atoms with E-state index in [4.69, 9.17) is 0 Å². The zero-order valence-corrected chi connectivity index (χ0v) is 10.7. The highest BCUT2D eigenvalue weighted by molar-refractivity contribution is 5.99. The van der Waals surface area contributed by atoms with E-state index in [0.29, 0.717) is 6.07 Å². The number of rotatable bonds is 5. The lowest BCUT2D eigenvalue weighted by molar-refractivity contribution is -0.0501. The average Bonchev–Trinajstić information content (AvgIpc) is 2.37. The molecule has 0 N–H and O–H groups in total. The van der Waals surface area contributed by atoms with Crippen LogP contribution in [-0.2, 0) is 6.42 Å². The molecule has 2 rings (SSSR count). The maximum absolute atomic E-state index is 13.1. The summed E-state index contributed by atoms with van der Waals surface area (Å²) in [6, 6.07) is 8.17. The van der Waals surface area contributed by atoms with Gasteiger partial charge in [-0.3, -0.25) is 4.79 Å². The molecule has 0 unspecified atom stereocenters. The lowest BCUT2D eigenvalue weighted by atomic mass is 10.0. The maximum atomic E-state index is 13.1. The molecule has 110 valence electrons. The van der Waals surface area contributed by atoms with Gasteiger partial charge in [-0.15, -0.1) is 0 Å². The molecule has 0 aliphatic heterocycles. The Morgan fingerprint density at radius 3 is 2.29 bits per heavy atom. The van der Waals surface area contributed by atoms with E-state index < -0.39 is 24.0 Å². The first-order valence-corrected chi connectivity index (χ1v) is 5.97. The quantitative estimate of drug-likeness (QED) is 0.616. The Bertz CT molecular complexity index is 636. The Morgan fingerprint density at radius 1 is 1.05 bits per heavy atom. The molecule has 0 amide bonds. The zero-order chi connectivity index (χ0) is 15.4. The van der Waals surface area contributed by atoms with Gasteiger partial charge in [-0.1, -0.05) is 12.1 Å². The number of hydrogen-bond donors (Lipinski definition) is 0. The summed E-state index contributed by atoms with van der Waals surface area (Å²) in [6.07, 6.45) is -0.321. The highest BCUT2D eigenvalue weighted by atomic mass is 19.3.